The Morgan fingerprint density at radius 2 is 1.93 bits per heavy atom. The number of nitrogens with zero attached hydrogens (tertiary/aromatic N) is 2. The van der Waals surface area contributed by atoms with Crippen LogP contribution in [-0.4, -0.2) is 29.9 Å². The maximum Gasteiger partial charge on any atom is 0.325 e. The molecule has 1 fully saturated rings. The van der Waals surface area contributed by atoms with Crippen LogP contribution in [-0.2, 0) is 16.0 Å². The summed E-state index contributed by atoms with van der Waals surface area (Å²) < 4.78 is 0. The number of nitrogens with one attached hydrogen (secondary N) is 2. The number of likely N-dealkylation sites (N-methyl/N-ethyl adjacent to an activating group) is 1. The lowest BCUT2D eigenvalue weighted by atomic mass is 9.84. The monoisotopic (exact) mass is 406 g/mol. The van der Waals surface area contributed by atoms with Crippen LogP contribution in [0.15, 0.2) is 30.5 Å². The van der Waals surface area contributed by atoms with Gasteiger partial charge in [0.15, 0.2) is 0 Å². The average Bonchev–Trinajstić information content (AvgIpc) is 2.65. The lowest BCUT2D eigenvalue weighted by molar-refractivity contribution is -0.126. The highest BCUT2D eigenvalue weighted by Crippen LogP contribution is 2.36. The molecule has 1 unspecified atom stereocenters. The summed E-state index contributed by atoms with van der Waals surface area (Å²) in [4.78, 5) is 43.4. The summed E-state index contributed by atoms with van der Waals surface area (Å²) in [5, 5.41) is 5.13. The molecule has 0 saturated heterocycles. The molecule has 4 amide bonds. The van der Waals surface area contributed by atoms with E-state index in [9.17, 15) is 14.4 Å². The first-order chi connectivity index (χ1) is 14.3. The van der Waals surface area contributed by atoms with Crippen molar-refractivity contribution in [1.82, 2.24) is 10.3 Å². The van der Waals surface area contributed by atoms with E-state index in [1.165, 1.54) is 0 Å². The van der Waals surface area contributed by atoms with Gasteiger partial charge in [-0.25, -0.2) is 4.79 Å². The smallest absolute Gasteiger partial charge is 0.315 e. The van der Waals surface area contributed by atoms with Gasteiger partial charge in [-0.05, 0) is 68.0 Å². The average molecular weight is 406 g/mol. The third-order valence-corrected chi connectivity index (χ3v) is 6.14. The zero-order valence-corrected chi connectivity index (χ0v) is 17.5. The largest absolute Gasteiger partial charge is 0.325 e. The van der Waals surface area contributed by atoms with E-state index in [2.05, 4.69) is 15.6 Å². The predicted octanol–water partition coefficient (Wildman–Crippen LogP) is 3.45. The molecule has 30 heavy (non-hydrogen) atoms. The van der Waals surface area contributed by atoms with Crippen LogP contribution in [0.2, 0.25) is 0 Å². The van der Waals surface area contributed by atoms with E-state index in [0.29, 0.717) is 12.1 Å². The number of anilines is 2. The fourth-order valence-corrected chi connectivity index (χ4v) is 4.09. The number of benzene rings is 1. The summed E-state index contributed by atoms with van der Waals surface area (Å²) in [7, 11) is 1.78. The van der Waals surface area contributed by atoms with E-state index in [1.807, 2.05) is 38.2 Å². The second-order valence-corrected chi connectivity index (χ2v) is 8.25. The van der Waals surface area contributed by atoms with Gasteiger partial charge in [0.05, 0.1) is 5.92 Å². The first kappa shape index (κ1) is 20.1. The Bertz CT molecular complexity index is 1030. The SMILES string of the molecule is Cc1cc2c(cn1)CC(c1cc(NC(=O)NC(=O)C3CCC3)ccc1C)C(=O)N2C. The molecule has 1 atom stereocenters. The van der Waals surface area contributed by atoms with Crippen LogP contribution < -0.4 is 15.5 Å². The van der Waals surface area contributed by atoms with Crippen molar-refractivity contribution in [3.05, 3.63) is 52.8 Å². The van der Waals surface area contributed by atoms with Gasteiger partial charge in [0.1, 0.15) is 0 Å². The number of hydrogen-bond acceptors (Lipinski definition) is 4. The molecule has 1 aliphatic heterocycles. The molecule has 0 radical (unpaired) electrons. The van der Waals surface area contributed by atoms with Crippen LogP contribution in [0.4, 0.5) is 16.2 Å². The summed E-state index contributed by atoms with van der Waals surface area (Å²) in [6.07, 6.45) is 5.09. The molecule has 0 spiro atoms. The Morgan fingerprint density at radius 1 is 1.17 bits per heavy atom. The van der Waals surface area contributed by atoms with E-state index >= 15 is 0 Å². The molecule has 2 N–H and O–H groups in total. The number of amides is 4. The van der Waals surface area contributed by atoms with Crippen molar-refractivity contribution in [2.24, 2.45) is 5.92 Å². The molecule has 7 heteroatoms. The van der Waals surface area contributed by atoms with E-state index in [1.54, 1.807) is 18.0 Å². The van der Waals surface area contributed by atoms with Gasteiger partial charge >= 0.3 is 6.03 Å². The summed E-state index contributed by atoms with van der Waals surface area (Å²) in [6, 6.07) is 6.87. The second kappa shape index (κ2) is 7.89. The molecule has 2 heterocycles. The van der Waals surface area contributed by atoms with Gasteiger partial charge in [-0.2, -0.15) is 0 Å². The van der Waals surface area contributed by atoms with E-state index in [-0.39, 0.29) is 23.7 Å². The molecule has 1 aliphatic carbocycles. The Kier molecular flexibility index (Phi) is 5.28. The first-order valence-electron chi connectivity index (χ1n) is 10.3. The highest BCUT2D eigenvalue weighted by Gasteiger charge is 2.33. The van der Waals surface area contributed by atoms with E-state index < -0.39 is 6.03 Å². The molecule has 1 aromatic heterocycles. The summed E-state index contributed by atoms with van der Waals surface area (Å²) in [6.45, 7) is 3.86. The van der Waals surface area contributed by atoms with Crippen LogP contribution in [0.3, 0.4) is 0 Å². The number of aryl methyl sites for hydroxylation is 2. The lowest BCUT2D eigenvalue weighted by Crippen LogP contribution is -2.40. The fraction of sp³-hybridized carbons (Fsp3) is 0.391. The third kappa shape index (κ3) is 3.79. The van der Waals surface area contributed by atoms with Crippen molar-refractivity contribution in [3.63, 3.8) is 0 Å². The van der Waals surface area contributed by atoms with Gasteiger partial charge in [-0.1, -0.05) is 12.5 Å². The number of carbonyl (C=O) groups excluding carboxylic acids is 3. The summed E-state index contributed by atoms with van der Waals surface area (Å²) >= 11 is 0. The molecule has 4 rings (SSSR count). The standard InChI is InChI=1S/C23H26N4O3/c1-13-7-8-17(25-23(30)26-21(28)15-5-4-6-15)11-18(13)19-10-16-12-24-14(2)9-20(16)27(3)22(19)29/h7-9,11-12,15,19H,4-6,10H2,1-3H3,(H2,25,26,28,30). The topological polar surface area (TPSA) is 91.4 Å². The zero-order chi connectivity index (χ0) is 21.4. The Morgan fingerprint density at radius 3 is 2.63 bits per heavy atom. The minimum absolute atomic E-state index is 0.0120. The van der Waals surface area contributed by atoms with Gasteiger partial charge in [0.25, 0.3) is 0 Å². The van der Waals surface area contributed by atoms with Crippen LogP contribution in [0.25, 0.3) is 0 Å². The Hall–Kier alpha value is -3.22. The lowest BCUT2D eigenvalue weighted by Gasteiger charge is -2.32. The first-order valence-corrected chi connectivity index (χ1v) is 10.3. The molecule has 0 bridgehead atoms. The molecule has 1 saturated carbocycles. The van der Waals surface area contributed by atoms with Gasteiger partial charge in [0, 0.05) is 36.2 Å². The number of carbonyl (C=O) groups is 3. The van der Waals surface area contributed by atoms with Gasteiger partial charge in [-0.3, -0.25) is 19.9 Å². The fourth-order valence-electron chi connectivity index (χ4n) is 4.09. The normalized spacial score (nSPS) is 18.4. The van der Waals surface area contributed by atoms with E-state index in [0.717, 1.165) is 47.3 Å². The maximum absolute atomic E-state index is 13.1. The van der Waals surface area contributed by atoms with Crippen molar-refractivity contribution in [2.45, 2.75) is 45.4 Å². The molecule has 156 valence electrons. The number of pyridine rings is 1. The van der Waals surface area contributed by atoms with Gasteiger partial charge in [-0.15, -0.1) is 0 Å². The zero-order valence-electron chi connectivity index (χ0n) is 17.5. The summed E-state index contributed by atoms with van der Waals surface area (Å²) in [5.41, 5.74) is 5.18. The minimum Gasteiger partial charge on any atom is -0.315 e. The Labute approximate surface area is 175 Å². The highest BCUT2D eigenvalue weighted by molar-refractivity contribution is 6.03. The molecular weight excluding hydrogens is 380 g/mol. The van der Waals surface area contributed by atoms with Gasteiger partial charge < -0.3 is 10.2 Å². The van der Waals surface area contributed by atoms with Crippen molar-refractivity contribution >= 4 is 29.2 Å². The van der Waals surface area contributed by atoms with Crippen molar-refractivity contribution in [2.75, 3.05) is 17.3 Å². The predicted molar refractivity (Wildman–Crippen MR) is 115 cm³/mol. The van der Waals surface area contributed by atoms with Crippen molar-refractivity contribution in [1.29, 1.82) is 0 Å². The molecule has 7 nitrogen and oxygen atoms in total. The van der Waals surface area contributed by atoms with Crippen LogP contribution in [0, 0.1) is 19.8 Å². The van der Waals surface area contributed by atoms with Crippen LogP contribution in [0.5, 0.6) is 0 Å². The quantitative estimate of drug-likeness (QED) is 0.817. The van der Waals surface area contributed by atoms with Crippen molar-refractivity contribution < 1.29 is 14.4 Å². The Balaban J connectivity index is 1.54. The van der Waals surface area contributed by atoms with Gasteiger partial charge in [0.2, 0.25) is 11.8 Å². The third-order valence-electron chi connectivity index (χ3n) is 6.14. The number of fused-ring (bicyclic) bond motifs is 1. The number of aromatic nitrogens is 1. The highest BCUT2D eigenvalue weighted by atomic mass is 16.2. The number of urea groups is 1. The summed E-state index contributed by atoms with van der Waals surface area (Å²) in [5.74, 6) is -0.627. The number of imide groups is 1. The molecule has 1 aromatic carbocycles. The van der Waals surface area contributed by atoms with Crippen molar-refractivity contribution in [3.8, 4) is 0 Å². The molecular formula is C23H26N4O3. The van der Waals surface area contributed by atoms with Crippen LogP contribution in [0.1, 0.15) is 47.6 Å². The van der Waals surface area contributed by atoms with E-state index in [4.69, 9.17) is 0 Å². The van der Waals surface area contributed by atoms with Crippen LogP contribution >= 0.6 is 0 Å². The second-order valence-electron chi connectivity index (χ2n) is 8.25. The molecule has 2 aliphatic rings. The molecule has 2 aromatic rings. The minimum atomic E-state index is -0.543. The number of rotatable bonds is 3. The maximum atomic E-state index is 13.1. The number of hydrogen-bond donors (Lipinski definition) is 2.